The number of pyridine rings is 2. The fourth-order valence-electron chi connectivity index (χ4n) is 4.52. The molecule has 0 radical (unpaired) electrons. The molecule has 0 aliphatic carbocycles. The molecule has 0 aliphatic heterocycles. The lowest BCUT2D eigenvalue weighted by molar-refractivity contribution is -0.659. The Morgan fingerprint density at radius 1 is 0.906 bits per heavy atom. The first-order chi connectivity index (χ1) is 15.0. The minimum absolute atomic E-state index is 0.113. The van der Waals surface area contributed by atoms with Crippen molar-refractivity contribution in [3.63, 3.8) is 0 Å². The maximum absolute atomic E-state index is 4.70. The summed E-state index contributed by atoms with van der Waals surface area (Å²) in [5.74, 6) is 0. The van der Waals surface area contributed by atoms with Gasteiger partial charge in [-0.1, -0.05) is 63.3 Å². The SMILES string of the molecule is Cc1cc(C(C)(C)C)cc(-c2c3ccc([Si](C)(C)c4ccccn4)cc3cc[n+]2C)c1C. The van der Waals surface area contributed by atoms with Crippen LogP contribution in [0.3, 0.4) is 0 Å². The summed E-state index contributed by atoms with van der Waals surface area (Å²) in [5, 5.41) is 5.24. The fourth-order valence-corrected chi connectivity index (χ4v) is 6.74. The van der Waals surface area contributed by atoms with Gasteiger partial charge in [0, 0.05) is 17.6 Å². The number of rotatable bonds is 3. The molecule has 0 amide bonds. The molecule has 164 valence electrons. The van der Waals surface area contributed by atoms with Crippen LogP contribution in [0.25, 0.3) is 22.0 Å². The molecular formula is C29H35N2Si+. The standard InChI is InChI=1S/C29H35N2Si/c1-20-17-23(29(3,4)5)19-26(21(20)2)28-25-13-12-24(18-22(25)14-16-31(28)6)32(7,8)27-11-9-10-15-30-27/h9-19H,1-8H3/q+1. The number of aromatic nitrogens is 2. The van der Waals surface area contributed by atoms with E-state index in [0.29, 0.717) is 0 Å². The van der Waals surface area contributed by atoms with Crippen LogP contribution in [-0.4, -0.2) is 13.1 Å². The first-order valence-corrected chi connectivity index (χ1v) is 14.5. The highest BCUT2D eigenvalue weighted by Crippen LogP contribution is 2.34. The smallest absolute Gasteiger partial charge is 0.220 e. The van der Waals surface area contributed by atoms with E-state index in [-0.39, 0.29) is 5.41 Å². The molecule has 0 N–H and O–H groups in total. The molecule has 2 heterocycles. The molecule has 0 unspecified atom stereocenters. The summed E-state index contributed by atoms with van der Waals surface area (Å²) >= 11 is 0. The number of hydrogen-bond acceptors (Lipinski definition) is 1. The largest absolute Gasteiger partial charge is 0.266 e. The molecule has 0 fully saturated rings. The summed E-state index contributed by atoms with van der Waals surface area (Å²) in [6, 6.07) is 20.3. The third-order valence-corrected chi connectivity index (χ3v) is 10.3. The summed E-state index contributed by atoms with van der Waals surface area (Å²) in [6.45, 7) is 16.1. The van der Waals surface area contributed by atoms with Crippen LogP contribution >= 0.6 is 0 Å². The lowest BCUT2D eigenvalue weighted by Crippen LogP contribution is -2.54. The van der Waals surface area contributed by atoms with E-state index in [4.69, 9.17) is 4.98 Å². The van der Waals surface area contributed by atoms with Crippen molar-refractivity contribution in [2.24, 2.45) is 7.05 Å². The quantitative estimate of drug-likeness (QED) is 0.306. The highest BCUT2D eigenvalue weighted by molar-refractivity contribution is 7.00. The van der Waals surface area contributed by atoms with Gasteiger partial charge in [0.1, 0.15) is 15.1 Å². The lowest BCUT2D eigenvalue weighted by Gasteiger charge is -2.23. The zero-order valence-corrected chi connectivity index (χ0v) is 21.7. The van der Waals surface area contributed by atoms with E-state index >= 15 is 0 Å². The molecule has 32 heavy (non-hydrogen) atoms. The van der Waals surface area contributed by atoms with Gasteiger partial charge in [-0.2, -0.15) is 0 Å². The number of nitrogens with zero attached hydrogens (tertiary/aromatic N) is 2. The molecule has 4 rings (SSSR count). The van der Waals surface area contributed by atoms with E-state index in [1.807, 2.05) is 12.3 Å². The first kappa shape index (κ1) is 22.4. The molecule has 3 heteroatoms. The normalized spacial score (nSPS) is 12.4. The predicted octanol–water partition coefficient (Wildman–Crippen LogP) is 5.46. The molecule has 2 aromatic carbocycles. The second-order valence-electron chi connectivity index (χ2n) is 10.6. The molecule has 2 nitrogen and oxygen atoms in total. The van der Waals surface area contributed by atoms with E-state index in [1.165, 1.54) is 49.2 Å². The Hall–Kier alpha value is -2.78. The van der Waals surface area contributed by atoms with Crippen molar-refractivity contribution in [2.45, 2.75) is 53.1 Å². The zero-order chi connectivity index (χ0) is 23.3. The monoisotopic (exact) mass is 439 g/mol. The second kappa shape index (κ2) is 7.97. The van der Waals surface area contributed by atoms with Crippen molar-refractivity contribution in [1.29, 1.82) is 0 Å². The van der Waals surface area contributed by atoms with E-state index in [1.54, 1.807) is 0 Å². The first-order valence-electron chi connectivity index (χ1n) is 11.5. The van der Waals surface area contributed by atoms with Crippen molar-refractivity contribution in [2.75, 3.05) is 0 Å². The average molecular weight is 440 g/mol. The molecule has 0 aliphatic rings. The van der Waals surface area contributed by atoms with Crippen molar-refractivity contribution >= 4 is 29.4 Å². The van der Waals surface area contributed by atoms with Crippen LogP contribution in [0.2, 0.25) is 13.1 Å². The van der Waals surface area contributed by atoms with Gasteiger partial charge in [-0.3, -0.25) is 4.98 Å². The average Bonchev–Trinajstić information content (AvgIpc) is 2.75. The van der Waals surface area contributed by atoms with Crippen LogP contribution in [0.15, 0.2) is 67.0 Å². The van der Waals surface area contributed by atoms with Crippen LogP contribution in [0.4, 0.5) is 0 Å². The number of hydrogen-bond donors (Lipinski definition) is 0. The molecule has 0 saturated carbocycles. The Balaban J connectivity index is 1.94. The van der Waals surface area contributed by atoms with Gasteiger partial charge in [0.15, 0.2) is 6.20 Å². The topological polar surface area (TPSA) is 16.8 Å². The Kier molecular flexibility index (Phi) is 5.58. The maximum Gasteiger partial charge on any atom is 0.220 e. The van der Waals surface area contributed by atoms with Crippen LogP contribution in [-0.2, 0) is 12.5 Å². The van der Waals surface area contributed by atoms with Crippen LogP contribution in [0, 0.1) is 13.8 Å². The van der Waals surface area contributed by atoms with Crippen molar-refractivity contribution in [3.05, 3.63) is 83.7 Å². The third kappa shape index (κ3) is 3.90. The van der Waals surface area contributed by atoms with Crippen LogP contribution in [0.5, 0.6) is 0 Å². The van der Waals surface area contributed by atoms with E-state index in [0.717, 1.165) is 0 Å². The van der Waals surface area contributed by atoms with Gasteiger partial charge >= 0.3 is 0 Å². The fraction of sp³-hybridized carbons (Fsp3) is 0.310. The van der Waals surface area contributed by atoms with Crippen molar-refractivity contribution in [3.8, 4) is 11.3 Å². The Morgan fingerprint density at radius 2 is 1.66 bits per heavy atom. The molecule has 0 atom stereocenters. The zero-order valence-electron chi connectivity index (χ0n) is 20.7. The Labute approximate surface area is 194 Å². The molecule has 2 aromatic heterocycles. The summed E-state index contributed by atoms with van der Waals surface area (Å²) < 4.78 is 2.28. The van der Waals surface area contributed by atoms with Gasteiger partial charge in [0.2, 0.25) is 5.69 Å². The van der Waals surface area contributed by atoms with E-state index in [9.17, 15) is 0 Å². The number of aryl methyl sites for hydroxylation is 2. The second-order valence-corrected chi connectivity index (χ2v) is 15.0. The molecule has 0 bridgehead atoms. The number of benzene rings is 2. The minimum Gasteiger partial charge on any atom is -0.266 e. The van der Waals surface area contributed by atoms with Gasteiger partial charge in [-0.15, -0.1) is 0 Å². The summed E-state index contributed by atoms with van der Waals surface area (Å²) in [4.78, 5) is 4.70. The number of fused-ring (bicyclic) bond motifs is 1. The van der Waals surface area contributed by atoms with Gasteiger partial charge < -0.3 is 0 Å². The van der Waals surface area contributed by atoms with Crippen molar-refractivity contribution < 1.29 is 4.57 Å². The van der Waals surface area contributed by atoms with Gasteiger partial charge in [0.25, 0.3) is 0 Å². The van der Waals surface area contributed by atoms with E-state index in [2.05, 4.69) is 114 Å². The Morgan fingerprint density at radius 3 is 2.31 bits per heavy atom. The predicted molar refractivity (Wildman–Crippen MR) is 140 cm³/mol. The highest BCUT2D eigenvalue weighted by Gasteiger charge is 2.29. The summed E-state index contributed by atoms with van der Waals surface area (Å²) in [6.07, 6.45) is 4.12. The van der Waals surface area contributed by atoms with Crippen LogP contribution in [0.1, 0.15) is 37.5 Å². The van der Waals surface area contributed by atoms with Gasteiger partial charge in [-0.05, 0) is 65.6 Å². The molecule has 4 aromatic rings. The minimum atomic E-state index is -1.85. The summed E-state index contributed by atoms with van der Waals surface area (Å²) in [5.41, 5.74) is 6.82. The molecule has 0 spiro atoms. The lowest BCUT2D eigenvalue weighted by atomic mass is 9.83. The molecular weight excluding hydrogens is 404 g/mol. The Bertz CT molecular complexity index is 1300. The third-order valence-electron chi connectivity index (χ3n) is 6.95. The van der Waals surface area contributed by atoms with Gasteiger partial charge in [-0.25, -0.2) is 4.57 Å². The molecule has 0 saturated heterocycles. The summed E-state index contributed by atoms with van der Waals surface area (Å²) in [7, 11) is 0.306. The van der Waals surface area contributed by atoms with E-state index < -0.39 is 8.07 Å². The van der Waals surface area contributed by atoms with Crippen LogP contribution < -0.4 is 15.1 Å². The van der Waals surface area contributed by atoms with Gasteiger partial charge in [0.05, 0.1) is 10.9 Å². The maximum atomic E-state index is 4.70. The van der Waals surface area contributed by atoms with Crippen molar-refractivity contribution in [1.82, 2.24) is 4.98 Å². The highest BCUT2D eigenvalue weighted by atomic mass is 28.3.